The first-order valence-electron chi connectivity index (χ1n) is 13.6. The molecule has 190 valence electrons. The summed E-state index contributed by atoms with van der Waals surface area (Å²) in [4.78, 5) is 0. The average molecular weight is 541 g/mol. The molecule has 3 heterocycles. The number of thiophene rings is 1. The fourth-order valence-corrected chi connectivity index (χ4v) is 7.59. The maximum Gasteiger partial charge on any atom is 0.159 e. The molecule has 0 atom stereocenters. The van der Waals surface area contributed by atoms with E-state index in [0.29, 0.717) is 5.56 Å². The highest BCUT2D eigenvalue weighted by atomic mass is 32.1. The molecular formula is C37H20N2OS. The third kappa shape index (κ3) is 3.12. The summed E-state index contributed by atoms with van der Waals surface area (Å²) in [5.74, 6) is 0. The first-order valence-corrected chi connectivity index (χ1v) is 14.4. The van der Waals surface area contributed by atoms with Crippen molar-refractivity contribution in [2.75, 3.05) is 0 Å². The van der Waals surface area contributed by atoms with E-state index in [2.05, 4.69) is 114 Å². The third-order valence-corrected chi connectivity index (χ3v) is 9.37. The molecule has 0 aliphatic carbocycles. The summed E-state index contributed by atoms with van der Waals surface area (Å²) in [6.07, 6.45) is 0. The molecule has 0 fully saturated rings. The smallest absolute Gasteiger partial charge is 0.159 e. The van der Waals surface area contributed by atoms with Crippen LogP contribution in [0.5, 0.6) is 0 Å². The molecule has 4 heteroatoms. The zero-order valence-electron chi connectivity index (χ0n) is 21.8. The molecule has 0 saturated heterocycles. The number of furan rings is 1. The largest absolute Gasteiger partial charge is 0.454 e. The zero-order chi connectivity index (χ0) is 27.1. The van der Waals surface area contributed by atoms with Crippen molar-refractivity contribution in [3.8, 4) is 22.9 Å². The third-order valence-electron chi connectivity index (χ3n) is 8.24. The fraction of sp³-hybridized carbons (Fsp3) is 0. The molecule has 0 N–H and O–H groups in total. The molecule has 0 spiro atoms. The van der Waals surface area contributed by atoms with E-state index in [4.69, 9.17) is 4.42 Å². The summed E-state index contributed by atoms with van der Waals surface area (Å²) in [6.45, 7) is 0. The Kier molecular flexibility index (Phi) is 4.55. The Labute approximate surface area is 238 Å². The van der Waals surface area contributed by atoms with Gasteiger partial charge in [0, 0.05) is 41.7 Å². The second-order valence-corrected chi connectivity index (χ2v) is 11.5. The maximum atomic E-state index is 9.67. The molecule has 0 amide bonds. The topological polar surface area (TPSA) is 41.9 Å². The van der Waals surface area contributed by atoms with Crippen LogP contribution in [-0.4, -0.2) is 4.57 Å². The second kappa shape index (κ2) is 8.32. The SMILES string of the molecule is N#Cc1ccc2c3ccccc3n(-c3cccc4c3oc3cccc(-c5ccc6c(c5)sc5ccccc56)c34)c2c1. The Morgan fingerprint density at radius 2 is 1.37 bits per heavy atom. The van der Waals surface area contributed by atoms with Crippen molar-refractivity contribution >= 4 is 75.3 Å². The summed E-state index contributed by atoms with van der Waals surface area (Å²) >= 11 is 1.84. The number of rotatable bonds is 2. The Morgan fingerprint density at radius 3 is 2.29 bits per heavy atom. The number of nitrogens with zero attached hydrogens (tertiary/aromatic N) is 2. The van der Waals surface area contributed by atoms with Gasteiger partial charge in [-0.25, -0.2) is 0 Å². The number of benzene rings is 6. The van der Waals surface area contributed by atoms with E-state index in [9.17, 15) is 5.26 Å². The van der Waals surface area contributed by atoms with Gasteiger partial charge in [-0.3, -0.25) is 0 Å². The highest BCUT2D eigenvalue weighted by Gasteiger charge is 2.19. The standard InChI is InChI=1S/C37H20N2OS/c38-21-22-15-17-26-25-7-1-3-11-30(25)39(32(26)19-22)31-12-5-10-29-36-24(9-6-13-33(36)40-37(29)31)23-16-18-28-27-8-2-4-14-34(27)41-35(28)20-23/h1-20H. The predicted molar refractivity (Wildman–Crippen MR) is 171 cm³/mol. The van der Waals surface area contributed by atoms with Gasteiger partial charge >= 0.3 is 0 Å². The van der Waals surface area contributed by atoms with Crippen molar-refractivity contribution in [1.82, 2.24) is 4.57 Å². The van der Waals surface area contributed by atoms with Gasteiger partial charge in [-0.15, -0.1) is 11.3 Å². The van der Waals surface area contributed by atoms with Crippen LogP contribution in [0, 0.1) is 11.3 Å². The van der Waals surface area contributed by atoms with Gasteiger partial charge in [0.2, 0.25) is 0 Å². The van der Waals surface area contributed by atoms with Crippen LogP contribution in [0.1, 0.15) is 5.56 Å². The predicted octanol–water partition coefficient (Wildman–Crippen LogP) is 10.6. The summed E-state index contributed by atoms with van der Waals surface area (Å²) < 4.78 is 11.5. The lowest BCUT2D eigenvalue weighted by Crippen LogP contribution is -1.94. The minimum atomic E-state index is 0.636. The van der Waals surface area contributed by atoms with Gasteiger partial charge < -0.3 is 8.98 Å². The van der Waals surface area contributed by atoms with Crippen LogP contribution in [-0.2, 0) is 0 Å². The van der Waals surface area contributed by atoms with E-state index in [1.54, 1.807) is 0 Å². The summed E-state index contributed by atoms with van der Waals surface area (Å²) in [5.41, 5.74) is 7.71. The highest BCUT2D eigenvalue weighted by Crippen LogP contribution is 2.43. The number of hydrogen-bond donors (Lipinski definition) is 0. The van der Waals surface area contributed by atoms with Crippen LogP contribution < -0.4 is 0 Å². The summed E-state index contributed by atoms with van der Waals surface area (Å²) in [6, 6.07) is 44.7. The van der Waals surface area contributed by atoms with Crippen molar-refractivity contribution in [3.05, 3.63) is 127 Å². The van der Waals surface area contributed by atoms with Crippen LogP contribution in [0.25, 0.3) is 80.7 Å². The van der Waals surface area contributed by atoms with Gasteiger partial charge in [-0.1, -0.05) is 78.9 Å². The first kappa shape index (κ1) is 22.4. The van der Waals surface area contributed by atoms with Crippen LogP contribution >= 0.6 is 11.3 Å². The van der Waals surface area contributed by atoms with Gasteiger partial charge in [0.1, 0.15) is 5.58 Å². The molecule has 9 rings (SSSR count). The van der Waals surface area contributed by atoms with Crippen molar-refractivity contribution in [3.63, 3.8) is 0 Å². The van der Waals surface area contributed by atoms with E-state index in [1.165, 1.54) is 25.7 Å². The lowest BCUT2D eigenvalue weighted by Gasteiger charge is -2.09. The Morgan fingerprint density at radius 1 is 0.610 bits per heavy atom. The van der Waals surface area contributed by atoms with Crippen molar-refractivity contribution in [2.24, 2.45) is 0 Å². The number of fused-ring (bicyclic) bond motifs is 9. The van der Waals surface area contributed by atoms with Gasteiger partial charge in [0.05, 0.1) is 28.4 Å². The van der Waals surface area contributed by atoms with E-state index in [-0.39, 0.29) is 0 Å². The van der Waals surface area contributed by atoms with Gasteiger partial charge in [0.15, 0.2) is 5.58 Å². The molecule has 0 aliphatic heterocycles. The number of para-hydroxylation sites is 2. The molecule has 0 radical (unpaired) electrons. The van der Waals surface area contributed by atoms with Crippen LogP contribution in [0.15, 0.2) is 126 Å². The van der Waals surface area contributed by atoms with Crippen molar-refractivity contribution in [2.45, 2.75) is 0 Å². The van der Waals surface area contributed by atoms with Crippen molar-refractivity contribution < 1.29 is 4.42 Å². The Balaban J connectivity index is 1.34. The van der Waals surface area contributed by atoms with E-state index >= 15 is 0 Å². The van der Waals surface area contributed by atoms with E-state index < -0.39 is 0 Å². The molecule has 6 aromatic carbocycles. The molecule has 0 saturated carbocycles. The molecule has 41 heavy (non-hydrogen) atoms. The quantitative estimate of drug-likeness (QED) is 0.219. The monoisotopic (exact) mass is 540 g/mol. The van der Waals surface area contributed by atoms with Gasteiger partial charge in [0.25, 0.3) is 0 Å². The number of aromatic nitrogens is 1. The minimum Gasteiger partial charge on any atom is -0.454 e. The maximum absolute atomic E-state index is 9.67. The normalized spacial score (nSPS) is 11.9. The zero-order valence-corrected chi connectivity index (χ0v) is 22.6. The van der Waals surface area contributed by atoms with E-state index in [1.807, 2.05) is 29.5 Å². The van der Waals surface area contributed by atoms with Crippen LogP contribution in [0.4, 0.5) is 0 Å². The van der Waals surface area contributed by atoms with E-state index in [0.717, 1.165) is 55.0 Å². The molecule has 3 nitrogen and oxygen atoms in total. The number of nitriles is 1. The Bertz CT molecular complexity index is 2560. The number of hydrogen-bond acceptors (Lipinski definition) is 3. The van der Waals surface area contributed by atoms with Crippen LogP contribution in [0.2, 0.25) is 0 Å². The summed E-state index contributed by atoms with van der Waals surface area (Å²) in [7, 11) is 0. The molecule has 0 bridgehead atoms. The van der Waals surface area contributed by atoms with Crippen molar-refractivity contribution in [1.29, 1.82) is 5.26 Å². The van der Waals surface area contributed by atoms with Gasteiger partial charge in [-0.2, -0.15) is 5.26 Å². The molecule has 0 aliphatic rings. The first-order chi connectivity index (χ1) is 20.3. The second-order valence-electron chi connectivity index (χ2n) is 10.4. The van der Waals surface area contributed by atoms with Gasteiger partial charge in [-0.05, 0) is 53.6 Å². The Hall–Kier alpha value is -5.37. The molecule has 3 aromatic heterocycles. The molecular weight excluding hydrogens is 520 g/mol. The van der Waals surface area contributed by atoms with Crippen LogP contribution in [0.3, 0.4) is 0 Å². The molecule has 9 aromatic rings. The minimum absolute atomic E-state index is 0.636. The lowest BCUT2D eigenvalue weighted by molar-refractivity contribution is 0.666. The summed E-state index contributed by atoms with van der Waals surface area (Å²) in [5, 5.41) is 16.7. The lowest BCUT2D eigenvalue weighted by atomic mass is 9.98. The fourth-order valence-electron chi connectivity index (χ4n) is 6.44. The molecule has 0 unspecified atom stereocenters. The average Bonchev–Trinajstić information content (AvgIpc) is 3.69. The highest BCUT2D eigenvalue weighted by molar-refractivity contribution is 7.25.